The molecular formula is C50H101NO5. The van der Waals surface area contributed by atoms with Crippen LogP contribution in [0.25, 0.3) is 0 Å². The van der Waals surface area contributed by atoms with E-state index in [1.54, 1.807) is 7.11 Å². The van der Waals surface area contributed by atoms with Gasteiger partial charge in [0.2, 0.25) is 5.91 Å². The minimum Gasteiger partial charge on any atom is -0.379 e. The van der Waals surface area contributed by atoms with Gasteiger partial charge in [0.1, 0.15) is 0 Å². The first-order valence-electron chi connectivity index (χ1n) is 24.9. The van der Waals surface area contributed by atoms with Crippen molar-refractivity contribution in [3.05, 3.63) is 0 Å². The lowest BCUT2D eigenvalue weighted by molar-refractivity contribution is -0.128. The van der Waals surface area contributed by atoms with Gasteiger partial charge < -0.3 is 24.3 Å². The molecule has 1 amide bonds. The van der Waals surface area contributed by atoms with E-state index < -0.39 is 5.60 Å². The van der Waals surface area contributed by atoms with Gasteiger partial charge in [0, 0.05) is 26.9 Å². The molecule has 336 valence electrons. The molecule has 0 saturated heterocycles. The molecule has 0 aliphatic heterocycles. The fraction of sp³-hybridized carbons (Fsp3) is 0.980. The second-order valence-corrected chi connectivity index (χ2v) is 18.1. The highest BCUT2D eigenvalue weighted by Crippen LogP contribution is 2.22. The number of nitrogens with one attached hydrogen (secondary N) is 1. The first-order valence-corrected chi connectivity index (χ1v) is 24.9. The maximum Gasteiger partial charge on any atom is 0.222 e. The summed E-state index contributed by atoms with van der Waals surface area (Å²) in [6.45, 7) is 16.2. The van der Waals surface area contributed by atoms with Crippen molar-refractivity contribution in [2.24, 2.45) is 0 Å². The Hall–Kier alpha value is -0.690. The maximum atomic E-state index is 12.9. The average molecular weight is 796 g/mol. The third-order valence-corrected chi connectivity index (χ3v) is 12.0. The summed E-state index contributed by atoms with van der Waals surface area (Å²) in [5.74, 6) is 0.0276. The topological polar surface area (TPSA) is 66.0 Å². The molecule has 0 aromatic heterocycles. The molecule has 0 aromatic carbocycles. The van der Waals surface area contributed by atoms with Crippen LogP contribution in [-0.2, 0) is 23.7 Å². The van der Waals surface area contributed by atoms with E-state index in [-0.39, 0.29) is 17.6 Å². The highest BCUT2D eigenvalue weighted by atomic mass is 16.5. The van der Waals surface area contributed by atoms with Crippen LogP contribution in [0.15, 0.2) is 0 Å². The zero-order valence-corrected chi connectivity index (χ0v) is 39.2. The predicted octanol–water partition coefficient (Wildman–Crippen LogP) is 15.0. The Kier molecular flexibility index (Phi) is 40.6. The summed E-state index contributed by atoms with van der Waals surface area (Å²) < 4.78 is 24.3. The Balaban J connectivity index is 4.28. The summed E-state index contributed by atoms with van der Waals surface area (Å²) in [6.07, 6.45) is 44.0. The Morgan fingerprint density at radius 3 is 1.32 bits per heavy atom. The summed E-state index contributed by atoms with van der Waals surface area (Å²) in [6, 6.07) is 0. The number of carbonyl (C=O) groups excluding carboxylic acids is 1. The van der Waals surface area contributed by atoms with Crippen molar-refractivity contribution in [2.75, 3.05) is 40.1 Å². The zero-order chi connectivity index (χ0) is 41.3. The molecule has 0 heterocycles. The van der Waals surface area contributed by atoms with Crippen LogP contribution in [0.1, 0.15) is 260 Å². The molecule has 0 aliphatic carbocycles. The standard InChI is InChI=1S/C50H101NO5/c1-8-11-13-15-17-19-21-23-25-26-27-29-31-33-35-37-42-54-46-47(55-43-38-36-34-32-30-28-24-22-20-18-16-14-12-9-2)39-41-51-48(52)45-49(4,5)56-44-40-50(6,10-3)53-7/h47H,8-46H2,1-7H3,(H,51,52). The van der Waals surface area contributed by atoms with Crippen LogP contribution < -0.4 is 5.32 Å². The molecule has 6 nitrogen and oxygen atoms in total. The first kappa shape index (κ1) is 55.3. The van der Waals surface area contributed by atoms with Gasteiger partial charge in [-0.2, -0.15) is 0 Å². The second kappa shape index (κ2) is 41.1. The van der Waals surface area contributed by atoms with Crippen molar-refractivity contribution in [3.8, 4) is 0 Å². The highest BCUT2D eigenvalue weighted by molar-refractivity contribution is 5.76. The lowest BCUT2D eigenvalue weighted by Gasteiger charge is -2.30. The summed E-state index contributed by atoms with van der Waals surface area (Å²) in [7, 11) is 1.76. The Morgan fingerprint density at radius 2 is 0.929 bits per heavy atom. The largest absolute Gasteiger partial charge is 0.379 e. The van der Waals surface area contributed by atoms with Crippen LogP contribution in [0.2, 0.25) is 0 Å². The molecule has 6 heteroatoms. The molecule has 0 fully saturated rings. The zero-order valence-electron chi connectivity index (χ0n) is 39.2. The molecule has 2 atom stereocenters. The summed E-state index contributed by atoms with van der Waals surface area (Å²) in [4.78, 5) is 12.9. The van der Waals surface area contributed by atoms with Gasteiger partial charge in [0.25, 0.3) is 0 Å². The third-order valence-electron chi connectivity index (χ3n) is 12.0. The van der Waals surface area contributed by atoms with Crippen LogP contribution in [0.5, 0.6) is 0 Å². The molecule has 0 rings (SSSR count). The van der Waals surface area contributed by atoms with E-state index in [1.165, 1.54) is 180 Å². The normalized spacial score (nSPS) is 13.6. The molecular weight excluding hydrogens is 695 g/mol. The monoisotopic (exact) mass is 796 g/mol. The number of hydrogen-bond acceptors (Lipinski definition) is 5. The molecule has 0 spiro atoms. The molecule has 0 saturated carbocycles. The molecule has 0 aromatic rings. The Bertz CT molecular complexity index is 800. The minimum atomic E-state index is -0.522. The van der Waals surface area contributed by atoms with Gasteiger partial charge in [-0.3, -0.25) is 4.79 Å². The van der Waals surface area contributed by atoms with E-state index in [0.29, 0.717) is 26.2 Å². The Morgan fingerprint density at radius 1 is 0.536 bits per heavy atom. The SMILES string of the molecule is CCCCCCCCCCCCCCCCCCOCC(CCNC(=O)CC(C)(C)OCCC(C)(CC)OC)OCCCCCCCCCCCCCCCC. The van der Waals surface area contributed by atoms with E-state index in [9.17, 15) is 4.79 Å². The van der Waals surface area contributed by atoms with Gasteiger partial charge in [-0.15, -0.1) is 0 Å². The lowest BCUT2D eigenvalue weighted by Crippen LogP contribution is -2.37. The Labute approximate surface area is 351 Å². The van der Waals surface area contributed by atoms with Gasteiger partial charge in [-0.25, -0.2) is 0 Å². The van der Waals surface area contributed by atoms with E-state index in [4.69, 9.17) is 18.9 Å². The molecule has 56 heavy (non-hydrogen) atoms. The minimum absolute atomic E-state index is 0.0170. The number of ether oxygens (including phenoxy) is 4. The number of amides is 1. The van der Waals surface area contributed by atoms with Crippen LogP contribution in [0.3, 0.4) is 0 Å². The fourth-order valence-corrected chi connectivity index (χ4v) is 7.57. The quantitative estimate of drug-likeness (QED) is 0.0622. The van der Waals surface area contributed by atoms with Crippen molar-refractivity contribution in [1.29, 1.82) is 0 Å². The molecule has 1 N–H and O–H groups in total. The first-order chi connectivity index (χ1) is 27.2. The van der Waals surface area contributed by atoms with Crippen molar-refractivity contribution in [2.45, 2.75) is 277 Å². The van der Waals surface area contributed by atoms with Crippen molar-refractivity contribution in [3.63, 3.8) is 0 Å². The van der Waals surface area contributed by atoms with Crippen LogP contribution in [-0.4, -0.2) is 63.3 Å². The van der Waals surface area contributed by atoms with E-state index in [2.05, 4.69) is 33.0 Å². The summed E-state index contributed by atoms with van der Waals surface area (Å²) in [5, 5.41) is 3.13. The smallest absolute Gasteiger partial charge is 0.222 e. The van der Waals surface area contributed by atoms with Gasteiger partial charge in [-0.1, -0.05) is 201 Å². The van der Waals surface area contributed by atoms with Crippen molar-refractivity contribution in [1.82, 2.24) is 5.32 Å². The molecule has 0 aliphatic rings. The maximum absolute atomic E-state index is 12.9. The van der Waals surface area contributed by atoms with E-state index in [1.807, 2.05) is 13.8 Å². The number of rotatable bonds is 46. The third kappa shape index (κ3) is 38.8. The van der Waals surface area contributed by atoms with Crippen LogP contribution in [0.4, 0.5) is 0 Å². The average Bonchev–Trinajstić information content (AvgIpc) is 3.18. The van der Waals surface area contributed by atoms with E-state index in [0.717, 1.165) is 45.3 Å². The summed E-state index contributed by atoms with van der Waals surface area (Å²) in [5.41, 5.74) is -0.708. The van der Waals surface area contributed by atoms with Crippen molar-refractivity contribution >= 4 is 5.91 Å². The second-order valence-electron chi connectivity index (χ2n) is 18.1. The van der Waals surface area contributed by atoms with Gasteiger partial charge in [-0.05, 0) is 52.9 Å². The number of carbonyl (C=O) groups is 1. The molecule has 2 unspecified atom stereocenters. The predicted molar refractivity (Wildman–Crippen MR) is 243 cm³/mol. The molecule has 0 bridgehead atoms. The molecule has 0 radical (unpaired) electrons. The summed E-state index contributed by atoms with van der Waals surface area (Å²) >= 11 is 0. The number of methoxy groups -OCH3 is 1. The lowest BCUT2D eigenvalue weighted by atomic mass is 9.99. The number of unbranched alkanes of at least 4 members (excludes halogenated alkanes) is 28. The number of hydrogen-bond donors (Lipinski definition) is 1. The van der Waals surface area contributed by atoms with Gasteiger partial charge in [0.15, 0.2) is 0 Å². The van der Waals surface area contributed by atoms with Gasteiger partial charge in [0.05, 0.1) is 36.9 Å². The van der Waals surface area contributed by atoms with Gasteiger partial charge >= 0.3 is 0 Å². The van der Waals surface area contributed by atoms with Crippen LogP contribution in [0, 0.1) is 0 Å². The highest BCUT2D eigenvalue weighted by Gasteiger charge is 2.26. The van der Waals surface area contributed by atoms with Crippen molar-refractivity contribution < 1.29 is 23.7 Å². The van der Waals surface area contributed by atoms with Crippen LogP contribution >= 0.6 is 0 Å². The fourth-order valence-electron chi connectivity index (χ4n) is 7.57. The van der Waals surface area contributed by atoms with E-state index >= 15 is 0 Å².